The fourth-order valence-corrected chi connectivity index (χ4v) is 3.66. The van der Waals surface area contributed by atoms with E-state index in [4.69, 9.17) is 4.52 Å². The third-order valence-electron chi connectivity index (χ3n) is 5.13. The molecule has 148 valence electrons. The molecular weight excluding hydrogens is 368 g/mol. The maximum Gasteiger partial charge on any atom is 0.278 e. The fourth-order valence-electron chi connectivity index (χ4n) is 3.66. The van der Waals surface area contributed by atoms with Gasteiger partial charge in [0.15, 0.2) is 11.5 Å². The minimum absolute atomic E-state index is 0.367. The van der Waals surface area contributed by atoms with Gasteiger partial charge in [-0.05, 0) is 57.5 Å². The number of nitrogens with zero attached hydrogens (tertiary/aromatic N) is 7. The van der Waals surface area contributed by atoms with E-state index in [-0.39, 0.29) is 0 Å². The second kappa shape index (κ2) is 7.25. The zero-order valence-corrected chi connectivity index (χ0v) is 16.4. The molecule has 1 aliphatic heterocycles. The summed E-state index contributed by atoms with van der Waals surface area (Å²) in [5.41, 5.74) is 3.45. The van der Waals surface area contributed by atoms with Crippen molar-refractivity contribution in [2.75, 3.05) is 13.1 Å². The molecule has 5 rings (SSSR count). The maximum atomic E-state index is 5.45. The van der Waals surface area contributed by atoms with E-state index >= 15 is 0 Å². The molecule has 1 N–H and O–H groups in total. The van der Waals surface area contributed by atoms with Gasteiger partial charge in [-0.25, -0.2) is 9.67 Å². The second-order valence-corrected chi connectivity index (χ2v) is 7.35. The fraction of sp³-hybridized carbons (Fsp3) is 0.350. The summed E-state index contributed by atoms with van der Waals surface area (Å²) in [6.45, 7) is 5.97. The van der Waals surface area contributed by atoms with Crippen molar-refractivity contribution < 1.29 is 4.52 Å². The van der Waals surface area contributed by atoms with Gasteiger partial charge in [-0.2, -0.15) is 15.2 Å². The van der Waals surface area contributed by atoms with Crippen molar-refractivity contribution in [2.45, 2.75) is 32.7 Å². The average Bonchev–Trinajstić information content (AvgIpc) is 3.48. The van der Waals surface area contributed by atoms with E-state index in [1.165, 1.54) is 0 Å². The van der Waals surface area contributed by atoms with E-state index in [1.54, 1.807) is 6.20 Å². The molecule has 1 saturated heterocycles. The highest BCUT2D eigenvalue weighted by Gasteiger charge is 2.18. The lowest BCUT2D eigenvalue weighted by atomic mass is 10.1. The molecule has 0 radical (unpaired) electrons. The van der Waals surface area contributed by atoms with Gasteiger partial charge in [0.2, 0.25) is 5.82 Å². The van der Waals surface area contributed by atoms with Crippen LogP contribution in [0.3, 0.4) is 0 Å². The summed E-state index contributed by atoms with van der Waals surface area (Å²) in [5.74, 6) is 1.65. The van der Waals surface area contributed by atoms with Crippen molar-refractivity contribution in [3.8, 4) is 28.8 Å². The van der Waals surface area contributed by atoms with Gasteiger partial charge < -0.3 is 9.84 Å². The average molecular weight is 390 g/mol. The van der Waals surface area contributed by atoms with Crippen LogP contribution in [0.1, 0.15) is 30.3 Å². The third-order valence-corrected chi connectivity index (χ3v) is 5.13. The first kappa shape index (κ1) is 17.7. The smallest absolute Gasteiger partial charge is 0.278 e. The van der Waals surface area contributed by atoms with Gasteiger partial charge in [-0.3, -0.25) is 4.68 Å². The number of pyridine rings is 1. The summed E-state index contributed by atoms with van der Waals surface area (Å²) < 4.78 is 9.24. The number of rotatable bonds is 4. The predicted octanol–water partition coefficient (Wildman–Crippen LogP) is 2.72. The summed E-state index contributed by atoms with van der Waals surface area (Å²) in [6, 6.07) is 8.11. The number of nitrogens with one attached hydrogen (secondary N) is 1. The molecule has 0 bridgehead atoms. The van der Waals surface area contributed by atoms with Crippen LogP contribution >= 0.6 is 0 Å². The van der Waals surface area contributed by atoms with Gasteiger partial charge in [-0.15, -0.1) is 0 Å². The molecule has 9 nitrogen and oxygen atoms in total. The Kier molecular flexibility index (Phi) is 4.44. The van der Waals surface area contributed by atoms with Crippen molar-refractivity contribution in [3.05, 3.63) is 48.0 Å². The Labute approximate surface area is 167 Å². The Morgan fingerprint density at radius 3 is 2.83 bits per heavy atom. The molecule has 4 aromatic rings. The molecular formula is C20H22N8O. The van der Waals surface area contributed by atoms with Crippen molar-refractivity contribution in [2.24, 2.45) is 0 Å². The first-order valence-corrected chi connectivity index (χ1v) is 9.77. The van der Waals surface area contributed by atoms with Gasteiger partial charge in [0.25, 0.3) is 5.89 Å². The molecule has 0 aliphatic carbocycles. The van der Waals surface area contributed by atoms with Crippen LogP contribution in [0, 0.1) is 13.8 Å². The quantitative estimate of drug-likeness (QED) is 0.572. The normalized spacial score (nSPS) is 17.0. The third kappa shape index (κ3) is 3.44. The van der Waals surface area contributed by atoms with Crippen molar-refractivity contribution in [1.82, 2.24) is 40.0 Å². The molecule has 9 heteroatoms. The van der Waals surface area contributed by atoms with Crippen molar-refractivity contribution in [3.63, 3.8) is 0 Å². The first-order valence-electron chi connectivity index (χ1n) is 9.77. The van der Waals surface area contributed by atoms with Gasteiger partial charge in [-0.1, -0.05) is 5.16 Å². The van der Waals surface area contributed by atoms with Gasteiger partial charge >= 0.3 is 0 Å². The van der Waals surface area contributed by atoms with Gasteiger partial charge in [0.1, 0.15) is 0 Å². The highest BCUT2D eigenvalue weighted by atomic mass is 16.5. The molecule has 1 aliphatic rings. The van der Waals surface area contributed by atoms with Gasteiger partial charge in [0.05, 0.1) is 11.7 Å². The van der Waals surface area contributed by atoms with E-state index in [1.807, 2.05) is 53.7 Å². The van der Waals surface area contributed by atoms with Crippen LogP contribution in [0.25, 0.3) is 28.8 Å². The lowest BCUT2D eigenvalue weighted by Gasteiger charge is -2.22. The molecule has 4 aromatic heterocycles. The van der Waals surface area contributed by atoms with Crippen molar-refractivity contribution in [1.29, 1.82) is 0 Å². The highest BCUT2D eigenvalue weighted by molar-refractivity contribution is 5.57. The molecule has 1 unspecified atom stereocenters. The highest BCUT2D eigenvalue weighted by Crippen LogP contribution is 2.23. The largest absolute Gasteiger partial charge is 0.332 e. The van der Waals surface area contributed by atoms with Crippen LogP contribution in [-0.2, 0) is 0 Å². The van der Waals surface area contributed by atoms with Gasteiger partial charge in [0, 0.05) is 30.2 Å². The molecule has 1 fully saturated rings. The molecule has 0 aromatic carbocycles. The van der Waals surface area contributed by atoms with E-state index in [0.29, 0.717) is 23.5 Å². The molecule has 5 heterocycles. The monoisotopic (exact) mass is 390 g/mol. The molecule has 1 atom stereocenters. The Hall–Kier alpha value is -3.33. The maximum absolute atomic E-state index is 5.45. The van der Waals surface area contributed by atoms with E-state index in [2.05, 4.69) is 30.6 Å². The second-order valence-electron chi connectivity index (χ2n) is 7.35. The van der Waals surface area contributed by atoms with Crippen LogP contribution in [0.2, 0.25) is 0 Å². The Morgan fingerprint density at radius 1 is 1.17 bits per heavy atom. The standard InChI is InChI=1S/C20H22N8O/c1-13-10-14(2)28(24-13)18-6-5-15(11-22-18)19-23-20(29-26-19)17-7-9-27(25-17)16-4-3-8-21-12-16/h5-7,9-11,16,21H,3-4,8,12H2,1-2H3. The minimum Gasteiger partial charge on any atom is -0.332 e. The lowest BCUT2D eigenvalue weighted by Crippen LogP contribution is -2.31. The summed E-state index contributed by atoms with van der Waals surface area (Å²) in [6.07, 6.45) is 5.98. The SMILES string of the molecule is Cc1cc(C)n(-c2ccc(-c3noc(-c4ccn(C5CCCNC5)n4)n3)cn2)n1. The molecule has 0 spiro atoms. The van der Waals surface area contributed by atoms with Crippen LogP contribution < -0.4 is 5.32 Å². The lowest BCUT2D eigenvalue weighted by molar-refractivity contribution is 0.346. The van der Waals surface area contributed by atoms with Crippen LogP contribution in [0.15, 0.2) is 41.2 Å². The Balaban J connectivity index is 1.36. The summed E-state index contributed by atoms with van der Waals surface area (Å²) in [7, 11) is 0. The van der Waals surface area contributed by atoms with E-state index < -0.39 is 0 Å². The zero-order chi connectivity index (χ0) is 19.8. The number of hydrogen-bond acceptors (Lipinski definition) is 7. The number of aryl methyl sites for hydroxylation is 2. The number of hydrogen-bond donors (Lipinski definition) is 1. The minimum atomic E-state index is 0.367. The zero-order valence-electron chi connectivity index (χ0n) is 16.4. The predicted molar refractivity (Wildman–Crippen MR) is 106 cm³/mol. The van der Waals surface area contributed by atoms with E-state index in [9.17, 15) is 0 Å². The molecule has 0 saturated carbocycles. The van der Waals surface area contributed by atoms with Crippen molar-refractivity contribution >= 4 is 0 Å². The number of aromatic nitrogens is 7. The topological polar surface area (TPSA) is 99.5 Å². The first-order chi connectivity index (χ1) is 14.2. The molecule has 29 heavy (non-hydrogen) atoms. The van der Waals surface area contributed by atoms with Crippen LogP contribution in [-0.4, -0.2) is 47.8 Å². The van der Waals surface area contributed by atoms with Crippen LogP contribution in [0.4, 0.5) is 0 Å². The van der Waals surface area contributed by atoms with E-state index in [0.717, 1.165) is 48.7 Å². The molecule has 0 amide bonds. The Morgan fingerprint density at radius 2 is 2.10 bits per heavy atom. The summed E-state index contributed by atoms with van der Waals surface area (Å²) >= 11 is 0. The Bertz CT molecular complexity index is 1120. The summed E-state index contributed by atoms with van der Waals surface area (Å²) in [4.78, 5) is 9.00. The summed E-state index contributed by atoms with van der Waals surface area (Å²) in [5, 5.41) is 16.6. The van der Waals surface area contributed by atoms with Crippen LogP contribution in [0.5, 0.6) is 0 Å². The number of piperidine rings is 1.